The van der Waals surface area contributed by atoms with Crippen LogP contribution in [0.5, 0.6) is 0 Å². The monoisotopic (exact) mass is 997 g/mol. The average molecular weight is 997 g/mol. The summed E-state index contributed by atoms with van der Waals surface area (Å²) in [5, 5.41) is 31.4. The lowest BCUT2D eigenvalue weighted by Crippen LogP contribution is -2.61. The van der Waals surface area contributed by atoms with Crippen molar-refractivity contribution in [2.45, 2.75) is 250 Å². The number of aliphatic carboxylic acids is 1. The molecule has 1 fully saturated rings. The van der Waals surface area contributed by atoms with Crippen LogP contribution in [-0.4, -0.2) is 89.2 Å². The topological polar surface area (TPSA) is 175 Å². The maximum absolute atomic E-state index is 13.0. The molecule has 1 aliphatic heterocycles. The molecule has 0 radical (unpaired) electrons. The van der Waals surface area contributed by atoms with E-state index in [-0.39, 0.29) is 25.9 Å². The van der Waals surface area contributed by atoms with Gasteiger partial charge < -0.3 is 39.0 Å². The highest BCUT2D eigenvalue weighted by Crippen LogP contribution is 2.26. The van der Waals surface area contributed by atoms with Crippen LogP contribution in [0.4, 0.5) is 0 Å². The van der Waals surface area contributed by atoms with Crippen molar-refractivity contribution in [3.63, 3.8) is 0 Å². The van der Waals surface area contributed by atoms with Gasteiger partial charge in [-0.2, -0.15) is 0 Å². The predicted octanol–water partition coefficient (Wildman–Crippen LogP) is 13.6. The number of aliphatic hydroxyl groups is 2. The molecule has 0 spiro atoms. The SMILES string of the molecule is CC/C=C\C/C=C\C/C=C\C/C=C\CCCCCCCCC(=O)OC1C(OCC(COC(=O)CCCCC/C=C\C/C=C\C/C=C\CC)OC(=O)CCCCCCCCCCC)OC(C(=O)O)C(O)C1O. The molecule has 1 saturated heterocycles. The molecule has 12 heteroatoms. The van der Waals surface area contributed by atoms with E-state index in [1.807, 2.05) is 0 Å². The number of carbonyl (C=O) groups is 4. The fourth-order valence-electron chi connectivity index (χ4n) is 7.78. The normalized spacial score (nSPS) is 19.1. The molecule has 3 N–H and O–H groups in total. The van der Waals surface area contributed by atoms with E-state index >= 15 is 0 Å². The lowest BCUT2D eigenvalue weighted by Gasteiger charge is -2.40. The third kappa shape index (κ3) is 37.3. The zero-order valence-corrected chi connectivity index (χ0v) is 44.2. The summed E-state index contributed by atoms with van der Waals surface area (Å²) in [6.07, 6.45) is 47.2. The lowest BCUT2D eigenvalue weighted by molar-refractivity contribution is -0.301. The van der Waals surface area contributed by atoms with Crippen LogP contribution in [0.3, 0.4) is 0 Å². The third-order valence-electron chi connectivity index (χ3n) is 12.0. The molecule has 0 aromatic heterocycles. The summed E-state index contributed by atoms with van der Waals surface area (Å²) in [5.41, 5.74) is 0. The number of esters is 3. The second-order valence-corrected chi connectivity index (χ2v) is 18.5. The summed E-state index contributed by atoms with van der Waals surface area (Å²) in [6.45, 7) is 5.69. The van der Waals surface area contributed by atoms with Crippen LogP contribution in [0.2, 0.25) is 0 Å². The van der Waals surface area contributed by atoms with Gasteiger partial charge in [0.05, 0.1) is 6.61 Å². The highest BCUT2D eigenvalue weighted by atomic mass is 16.7. The number of ether oxygens (including phenoxy) is 5. The number of allylic oxidation sites excluding steroid dienone is 14. The molecule has 1 heterocycles. The van der Waals surface area contributed by atoms with Gasteiger partial charge in [-0.3, -0.25) is 14.4 Å². The predicted molar refractivity (Wildman–Crippen MR) is 284 cm³/mol. The smallest absolute Gasteiger partial charge is 0.335 e. The van der Waals surface area contributed by atoms with Gasteiger partial charge in [0.2, 0.25) is 0 Å². The van der Waals surface area contributed by atoms with Gasteiger partial charge in [0.1, 0.15) is 18.8 Å². The van der Waals surface area contributed by atoms with E-state index in [4.69, 9.17) is 23.7 Å². The van der Waals surface area contributed by atoms with Crippen LogP contribution in [0.15, 0.2) is 85.1 Å². The summed E-state index contributed by atoms with van der Waals surface area (Å²) < 4.78 is 28.3. The summed E-state index contributed by atoms with van der Waals surface area (Å²) in [7, 11) is 0. The number of hydrogen-bond donors (Lipinski definition) is 3. The summed E-state index contributed by atoms with van der Waals surface area (Å²) in [4.78, 5) is 50.9. The van der Waals surface area contributed by atoms with Crippen LogP contribution >= 0.6 is 0 Å². The third-order valence-corrected chi connectivity index (χ3v) is 12.0. The van der Waals surface area contributed by atoms with Crippen molar-refractivity contribution in [2.24, 2.45) is 0 Å². The summed E-state index contributed by atoms with van der Waals surface area (Å²) in [6, 6.07) is 0. The van der Waals surface area contributed by atoms with E-state index in [1.165, 1.54) is 32.1 Å². The quantitative estimate of drug-likeness (QED) is 0.0228. The Labute approximate surface area is 429 Å². The van der Waals surface area contributed by atoms with Crippen molar-refractivity contribution in [3.05, 3.63) is 85.1 Å². The Bertz CT molecular complexity index is 1560. The second-order valence-electron chi connectivity index (χ2n) is 18.5. The zero-order valence-electron chi connectivity index (χ0n) is 44.2. The van der Waals surface area contributed by atoms with Crippen molar-refractivity contribution in [1.82, 2.24) is 0 Å². The fraction of sp³-hybridized carbons (Fsp3) is 0.695. The molecule has 12 nitrogen and oxygen atoms in total. The van der Waals surface area contributed by atoms with E-state index in [1.54, 1.807) is 0 Å². The van der Waals surface area contributed by atoms with Crippen molar-refractivity contribution in [3.8, 4) is 0 Å². The van der Waals surface area contributed by atoms with Crippen LogP contribution in [0.1, 0.15) is 213 Å². The molecule has 1 aliphatic rings. The number of hydrogen-bond acceptors (Lipinski definition) is 11. The van der Waals surface area contributed by atoms with Crippen LogP contribution in [-0.2, 0) is 42.9 Å². The number of unbranched alkanes of at least 4 members (excludes halogenated alkanes) is 17. The maximum Gasteiger partial charge on any atom is 0.335 e. The number of carboxylic acids is 1. The van der Waals surface area contributed by atoms with Gasteiger partial charge >= 0.3 is 23.9 Å². The number of carbonyl (C=O) groups excluding carboxylic acids is 3. The van der Waals surface area contributed by atoms with Gasteiger partial charge in [-0.1, -0.05) is 189 Å². The molecule has 0 aliphatic carbocycles. The molecule has 404 valence electrons. The molecule has 71 heavy (non-hydrogen) atoms. The minimum Gasteiger partial charge on any atom is -0.479 e. The Kier molecular flexibility index (Phi) is 42.9. The Morgan fingerprint density at radius 3 is 1.37 bits per heavy atom. The Morgan fingerprint density at radius 2 is 0.887 bits per heavy atom. The van der Waals surface area contributed by atoms with Crippen molar-refractivity contribution in [1.29, 1.82) is 0 Å². The van der Waals surface area contributed by atoms with Gasteiger partial charge in [0, 0.05) is 19.3 Å². The highest BCUT2D eigenvalue weighted by molar-refractivity contribution is 5.74. The second kappa shape index (κ2) is 46.9. The molecular formula is C59H96O12. The minimum absolute atomic E-state index is 0.0388. The van der Waals surface area contributed by atoms with Crippen LogP contribution in [0.25, 0.3) is 0 Å². The highest BCUT2D eigenvalue weighted by Gasteiger charge is 2.50. The zero-order chi connectivity index (χ0) is 51.8. The van der Waals surface area contributed by atoms with Crippen molar-refractivity contribution >= 4 is 23.9 Å². The van der Waals surface area contributed by atoms with E-state index < -0.39 is 67.3 Å². The molecule has 1 rings (SSSR count). The standard InChI is InChI=1S/C59H96O12/c1-4-7-10-13-16-19-21-23-24-25-26-27-28-30-32-35-38-41-44-47-53(62)70-57-55(64)54(63)56(58(65)66)71-59(57)68-49-50(69-52(61)46-43-40-37-33-18-15-12-9-6-3)48-67-51(60)45-42-39-36-34-31-29-22-20-17-14-11-8-5-2/h7-8,10-11,16-17,19-20,23-24,26-27,29,31,50,54-57,59,63-64H,4-6,9,12-15,18,21-22,25,28,30,32-49H2,1-3H3,(H,65,66)/b10-7-,11-8-,19-16-,20-17-,24-23-,27-26-,31-29-. The molecule has 6 unspecified atom stereocenters. The molecule has 0 aromatic carbocycles. The van der Waals surface area contributed by atoms with E-state index in [0.717, 1.165) is 122 Å². The molecule has 6 atom stereocenters. The minimum atomic E-state index is -1.91. The first-order valence-electron chi connectivity index (χ1n) is 27.6. The number of rotatable bonds is 45. The van der Waals surface area contributed by atoms with E-state index in [9.17, 15) is 34.5 Å². The van der Waals surface area contributed by atoms with Crippen LogP contribution < -0.4 is 0 Å². The Balaban J connectivity index is 2.69. The Hall–Kier alpha value is -4.10. The number of aliphatic hydroxyl groups excluding tert-OH is 2. The fourth-order valence-corrected chi connectivity index (χ4v) is 7.78. The first-order valence-corrected chi connectivity index (χ1v) is 27.6. The average Bonchev–Trinajstić information content (AvgIpc) is 3.35. The van der Waals surface area contributed by atoms with E-state index in [2.05, 4.69) is 106 Å². The van der Waals surface area contributed by atoms with Gasteiger partial charge in [-0.05, 0) is 89.9 Å². The maximum atomic E-state index is 13.0. The van der Waals surface area contributed by atoms with Crippen molar-refractivity contribution < 1.29 is 58.2 Å². The van der Waals surface area contributed by atoms with E-state index in [0.29, 0.717) is 19.3 Å². The van der Waals surface area contributed by atoms with Gasteiger partial charge in [-0.25, -0.2) is 4.79 Å². The molecule has 0 saturated carbocycles. The molecule has 0 amide bonds. The first-order chi connectivity index (χ1) is 34.6. The first kappa shape index (κ1) is 64.9. The summed E-state index contributed by atoms with van der Waals surface area (Å²) in [5.74, 6) is -3.18. The molecular weight excluding hydrogens is 901 g/mol. The van der Waals surface area contributed by atoms with Crippen LogP contribution in [0, 0.1) is 0 Å². The van der Waals surface area contributed by atoms with Gasteiger partial charge in [0.15, 0.2) is 24.6 Å². The molecule has 0 bridgehead atoms. The van der Waals surface area contributed by atoms with Gasteiger partial charge in [0.25, 0.3) is 0 Å². The summed E-state index contributed by atoms with van der Waals surface area (Å²) >= 11 is 0. The largest absolute Gasteiger partial charge is 0.479 e. The van der Waals surface area contributed by atoms with Crippen molar-refractivity contribution in [2.75, 3.05) is 13.2 Å². The van der Waals surface area contributed by atoms with Gasteiger partial charge in [-0.15, -0.1) is 0 Å². The lowest BCUT2D eigenvalue weighted by atomic mass is 9.98. The number of carboxylic acid groups (broad SMARTS) is 1. The molecule has 0 aromatic rings. The Morgan fingerprint density at radius 1 is 0.479 bits per heavy atom.